The van der Waals surface area contributed by atoms with Gasteiger partial charge in [-0.1, -0.05) is 268 Å². The molecule has 68 heavy (non-hydrogen) atoms. The normalized spacial score (nSPS) is 12.6. The van der Waals surface area contributed by atoms with Crippen LogP contribution in [-0.2, 0) is 23.8 Å². The largest absolute Gasteiger partial charge is 0.462 e. The van der Waals surface area contributed by atoms with Crippen LogP contribution in [-0.4, -0.2) is 37.9 Å². The first kappa shape index (κ1) is 65.6. The third-order valence-electron chi connectivity index (χ3n) is 13.0. The third-order valence-corrected chi connectivity index (χ3v) is 13.0. The van der Waals surface area contributed by atoms with Crippen molar-refractivity contribution in [3.05, 3.63) is 60.8 Å². The van der Waals surface area contributed by atoms with Gasteiger partial charge < -0.3 is 14.2 Å². The topological polar surface area (TPSA) is 61.8 Å². The van der Waals surface area contributed by atoms with E-state index in [2.05, 4.69) is 81.5 Å². The zero-order chi connectivity index (χ0) is 49.2. The molecule has 0 bridgehead atoms. The van der Waals surface area contributed by atoms with Crippen molar-refractivity contribution in [2.24, 2.45) is 0 Å². The number of unbranched alkanes of at least 4 members (excludes halogenated alkanes) is 34. The quantitative estimate of drug-likeness (QED) is 0.0345. The summed E-state index contributed by atoms with van der Waals surface area (Å²) in [7, 11) is 0. The molecule has 0 fully saturated rings. The van der Waals surface area contributed by atoms with Crippen LogP contribution in [0.15, 0.2) is 60.8 Å². The summed E-state index contributed by atoms with van der Waals surface area (Å²) < 4.78 is 17.5. The van der Waals surface area contributed by atoms with Gasteiger partial charge in [-0.3, -0.25) is 9.59 Å². The minimum Gasteiger partial charge on any atom is -0.462 e. The van der Waals surface area contributed by atoms with Crippen molar-refractivity contribution in [2.45, 2.75) is 309 Å². The zero-order valence-electron chi connectivity index (χ0n) is 45.6. The molecule has 0 aliphatic rings. The molecule has 0 spiro atoms. The molecule has 1 unspecified atom stereocenters. The minimum absolute atomic E-state index is 0.0715. The summed E-state index contributed by atoms with van der Waals surface area (Å²) in [5, 5.41) is 0. The summed E-state index contributed by atoms with van der Waals surface area (Å²) in [6.45, 7) is 7.73. The Labute approximate surface area is 424 Å². The first-order valence-electron chi connectivity index (χ1n) is 29.8. The van der Waals surface area contributed by atoms with E-state index in [1.165, 1.54) is 173 Å². The van der Waals surface area contributed by atoms with Crippen molar-refractivity contribution in [2.75, 3.05) is 19.8 Å². The number of carbonyl (C=O) groups is 2. The minimum atomic E-state index is -0.550. The van der Waals surface area contributed by atoms with Gasteiger partial charge in [0.05, 0.1) is 6.61 Å². The van der Waals surface area contributed by atoms with E-state index < -0.39 is 6.10 Å². The Hall–Kier alpha value is -2.40. The SMILES string of the molecule is CC/C=C\C/C=C\C/C=C\C/C=C\CCCCCCC(=O)OCC(COCCCCCCCCCCCCCCCCCCCCCC)OC(=O)CCCCCCC/C=C\CCCCCCCC. The Morgan fingerprint density at radius 1 is 0.338 bits per heavy atom. The summed E-state index contributed by atoms with van der Waals surface area (Å²) in [6, 6.07) is 0. The Balaban J connectivity index is 4.27. The highest BCUT2D eigenvalue weighted by molar-refractivity contribution is 5.70. The molecule has 0 aromatic rings. The molecule has 0 aromatic heterocycles. The zero-order valence-corrected chi connectivity index (χ0v) is 45.6. The van der Waals surface area contributed by atoms with Gasteiger partial charge in [0.25, 0.3) is 0 Å². The molecule has 5 heteroatoms. The first-order chi connectivity index (χ1) is 33.6. The second-order valence-corrected chi connectivity index (χ2v) is 19.9. The Kier molecular flexibility index (Phi) is 56.8. The molecule has 0 aliphatic heterocycles. The van der Waals surface area contributed by atoms with Crippen LogP contribution in [0.25, 0.3) is 0 Å². The molecule has 0 N–H and O–H groups in total. The molecule has 0 radical (unpaired) electrons. The number of carbonyl (C=O) groups excluding carboxylic acids is 2. The smallest absolute Gasteiger partial charge is 0.306 e. The van der Waals surface area contributed by atoms with E-state index in [0.29, 0.717) is 19.4 Å². The highest BCUT2D eigenvalue weighted by Gasteiger charge is 2.17. The van der Waals surface area contributed by atoms with Gasteiger partial charge in [0.2, 0.25) is 0 Å². The number of hydrogen-bond donors (Lipinski definition) is 0. The molecular weight excluding hydrogens is 837 g/mol. The molecule has 396 valence electrons. The maximum absolute atomic E-state index is 12.9. The Morgan fingerprint density at radius 3 is 1.07 bits per heavy atom. The average Bonchev–Trinajstić information content (AvgIpc) is 3.34. The van der Waals surface area contributed by atoms with Gasteiger partial charge in [-0.2, -0.15) is 0 Å². The highest BCUT2D eigenvalue weighted by atomic mass is 16.6. The molecule has 0 aromatic carbocycles. The van der Waals surface area contributed by atoms with Crippen LogP contribution in [0.1, 0.15) is 303 Å². The van der Waals surface area contributed by atoms with Gasteiger partial charge in [0.1, 0.15) is 6.61 Å². The predicted octanol–water partition coefficient (Wildman–Crippen LogP) is 20.5. The maximum atomic E-state index is 12.9. The second kappa shape index (κ2) is 58.9. The van der Waals surface area contributed by atoms with Crippen molar-refractivity contribution in [3.8, 4) is 0 Å². The van der Waals surface area contributed by atoms with E-state index in [4.69, 9.17) is 14.2 Å². The van der Waals surface area contributed by atoms with E-state index >= 15 is 0 Å². The van der Waals surface area contributed by atoms with E-state index in [1.54, 1.807) is 0 Å². The summed E-state index contributed by atoms with van der Waals surface area (Å²) in [4.78, 5) is 25.5. The number of hydrogen-bond acceptors (Lipinski definition) is 5. The summed E-state index contributed by atoms with van der Waals surface area (Å²) in [5.74, 6) is -0.421. The first-order valence-corrected chi connectivity index (χ1v) is 29.8. The van der Waals surface area contributed by atoms with Crippen LogP contribution >= 0.6 is 0 Å². The Bertz CT molecular complexity index is 1170. The fourth-order valence-electron chi connectivity index (χ4n) is 8.62. The van der Waals surface area contributed by atoms with E-state index in [-0.39, 0.29) is 25.2 Å². The van der Waals surface area contributed by atoms with Crippen molar-refractivity contribution >= 4 is 11.9 Å². The van der Waals surface area contributed by atoms with Gasteiger partial charge in [-0.05, 0) is 83.5 Å². The van der Waals surface area contributed by atoms with Crippen molar-refractivity contribution in [1.29, 1.82) is 0 Å². The molecule has 1 atom stereocenters. The lowest BCUT2D eigenvalue weighted by Gasteiger charge is -2.18. The van der Waals surface area contributed by atoms with Crippen LogP contribution in [0.5, 0.6) is 0 Å². The van der Waals surface area contributed by atoms with E-state index in [9.17, 15) is 9.59 Å². The van der Waals surface area contributed by atoms with Crippen molar-refractivity contribution < 1.29 is 23.8 Å². The van der Waals surface area contributed by atoms with E-state index in [0.717, 1.165) is 96.3 Å². The van der Waals surface area contributed by atoms with Crippen molar-refractivity contribution in [1.82, 2.24) is 0 Å². The summed E-state index contributed by atoms with van der Waals surface area (Å²) in [6.07, 6.45) is 75.4. The average molecular weight is 952 g/mol. The lowest BCUT2D eigenvalue weighted by Crippen LogP contribution is -2.30. The monoisotopic (exact) mass is 951 g/mol. The molecule has 0 heterocycles. The van der Waals surface area contributed by atoms with Crippen LogP contribution in [0.3, 0.4) is 0 Å². The fourth-order valence-corrected chi connectivity index (χ4v) is 8.62. The molecule has 0 amide bonds. The number of rotatable bonds is 55. The predicted molar refractivity (Wildman–Crippen MR) is 298 cm³/mol. The van der Waals surface area contributed by atoms with Crippen LogP contribution < -0.4 is 0 Å². The fraction of sp³-hybridized carbons (Fsp3) is 0.810. The van der Waals surface area contributed by atoms with Crippen molar-refractivity contribution in [3.63, 3.8) is 0 Å². The van der Waals surface area contributed by atoms with Gasteiger partial charge >= 0.3 is 11.9 Å². The number of ether oxygens (including phenoxy) is 3. The standard InChI is InChI=1S/C63H114O5/c1-4-7-10-13-16-19-22-25-28-30-31-32-34-37-40-43-46-49-52-55-58-66-59-61(68-63(65)57-54-51-48-45-42-39-35-27-24-21-18-15-12-9-6-3)60-67-62(64)56-53-50-47-44-41-38-36-33-29-26-23-20-17-14-11-8-5-2/h8,11,17,20,26-27,29,35-36,38,61H,4-7,9-10,12-16,18-19,21-25,28,30-34,37,39-60H2,1-3H3/b11-8-,20-17-,29-26-,35-27-,38-36-. The number of esters is 2. The van der Waals surface area contributed by atoms with Crippen LogP contribution in [0, 0.1) is 0 Å². The second-order valence-electron chi connectivity index (χ2n) is 19.9. The highest BCUT2D eigenvalue weighted by Crippen LogP contribution is 2.16. The van der Waals surface area contributed by atoms with Gasteiger partial charge in [-0.15, -0.1) is 0 Å². The van der Waals surface area contributed by atoms with Gasteiger partial charge in [0, 0.05) is 19.4 Å². The lowest BCUT2D eigenvalue weighted by molar-refractivity contribution is -0.163. The molecule has 0 saturated carbocycles. The molecule has 0 rings (SSSR count). The Morgan fingerprint density at radius 2 is 0.662 bits per heavy atom. The van der Waals surface area contributed by atoms with Gasteiger partial charge in [0.15, 0.2) is 6.10 Å². The summed E-state index contributed by atoms with van der Waals surface area (Å²) in [5.41, 5.74) is 0. The van der Waals surface area contributed by atoms with E-state index in [1.807, 2.05) is 0 Å². The van der Waals surface area contributed by atoms with Crippen LogP contribution in [0.2, 0.25) is 0 Å². The third kappa shape index (κ3) is 56.2. The number of allylic oxidation sites excluding steroid dienone is 10. The van der Waals surface area contributed by atoms with Gasteiger partial charge in [-0.25, -0.2) is 0 Å². The maximum Gasteiger partial charge on any atom is 0.306 e. The lowest BCUT2D eigenvalue weighted by atomic mass is 10.0. The molecular formula is C63H114O5. The molecule has 0 saturated heterocycles. The summed E-state index contributed by atoms with van der Waals surface area (Å²) >= 11 is 0. The molecule has 0 aliphatic carbocycles. The van der Waals surface area contributed by atoms with Crippen LogP contribution in [0.4, 0.5) is 0 Å². The molecule has 5 nitrogen and oxygen atoms in total.